The number of hydrogen-bond acceptors (Lipinski definition) is 3. The Morgan fingerprint density at radius 2 is 2.24 bits per heavy atom. The third-order valence-electron chi connectivity index (χ3n) is 2.80. The second-order valence-corrected chi connectivity index (χ2v) is 4.60. The van der Waals surface area contributed by atoms with Crippen molar-refractivity contribution in [2.75, 3.05) is 11.4 Å². The minimum Gasteiger partial charge on any atom is -0.326 e. The molecule has 0 spiro atoms. The number of anilines is 1. The van der Waals surface area contributed by atoms with Crippen molar-refractivity contribution in [2.45, 2.75) is 19.4 Å². The largest absolute Gasteiger partial charge is 0.326 e. The molecule has 1 heterocycles. The monoisotopic (exact) mass is 252 g/mol. The number of rotatable bonds is 2. The van der Waals surface area contributed by atoms with Crippen LogP contribution in [0.1, 0.15) is 23.7 Å². The molecule has 1 fully saturated rings. The molecule has 1 atom stereocenters. The van der Waals surface area contributed by atoms with E-state index in [-0.39, 0.29) is 17.7 Å². The predicted octanol–water partition coefficient (Wildman–Crippen LogP) is 1.61. The molecule has 5 heteroatoms. The number of halogens is 1. The summed E-state index contributed by atoms with van der Waals surface area (Å²) in [6, 6.07) is 4.75. The first-order valence-electron chi connectivity index (χ1n) is 5.35. The van der Waals surface area contributed by atoms with Crippen LogP contribution in [0, 0.1) is 0 Å². The van der Waals surface area contributed by atoms with Crippen LogP contribution in [0.4, 0.5) is 5.69 Å². The fraction of sp³-hybridized carbons (Fsp3) is 0.333. The molecule has 1 amide bonds. The summed E-state index contributed by atoms with van der Waals surface area (Å²) in [7, 11) is 0. The summed E-state index contributed by atoms with van der Waals surface area (Å²) in [6.45, 7) is 1.92. The molecule has 17 heavy (non-hydrogen) atoms. The van der Waals surface area contributed by atoms with E-state index in [0.717, 1.165) is 0 Å². The van der Waals surface area contributed by atoms with E-state index in [1.165, 1.54) is 6.92 Å². The van der Waals surface area contributed by atoms with Gasteiger partial charge in [-0.25, -0.2) is 0 Å². The summed E-state index contributed by atoms with van der Waals surface area (Å²) >= 11 is 6.05. The Kier molecular flexibility index (Phi) is 3.17. The highest BCUT2D eigenvalue weighted by molar-refractivity contribution is 6.34. The third kappa shape index (κ3) is 2.33. The fourth-order valence-electron chi connectivity index (χ4n) is 1.91. The lowest BCUT2D eigenvalue weighted by Gasteiger charge is -2.18. The molecule has 0 saturated carbocycles. The lowest BCUT2D eigenvalue weighted by atomic mass is 10.1. The zero-order chi connectivity index (χ0) is 12.6. The lowest BCUT2D eigenvalue weighted by molar-refractivity contribution is -0.117. The molecular weight excluding hydrogens is 240 g/mol. The second kappa shape index (κ2) is 4.47. The van der Waals surface area contributed by atoms with Crippen LogP contribution in [-0.4, -0.2) is 24.3 Å². The van der Waals surface area contributed by atoms with Crippen LogP contribution in [0.25, 0.3) is 0 Å². The number of carbonyl (C=O) groups excluding carboxylic acids is 2. The van der Waals surface area contributed by atoms with Gasteiger partial charge >= 0.3 is 0 Å². The van der Waals surface area contributed by atoms with Gasteiger partial charge in [0.05, 0.1) is 10.7 Å². The van der Waals surface area contributed by atoms with E-state index in [9.17, 15) is 9.59 Å². The number of nitrogens with two attached hydrogens (primary N) is 1. The number of amides is 1. The average Bonchev–Trinajstić information content (AvgIpc) is 2.58. The summed E-state index contributed by atoms with van der Waals surface area (Å²) in [4.78, 5) is 24.6. The smallest absolute Gasteiger partial charge is 0.228 e. The van der Waals surface area contributed by atoms with Gasteiger partial charge in [-0.2, -0.15) is 0 Å². The molecule has 1 unspecified atom stereocenters. The predicted molar refractivity (Wildman–Crippen MR) is 66.4 cm³/mol. The van der Waals surface area contributed by atoms with Crippen LogP contribution in [0.2, 0.25) is 5.02 Å². The molecule has 0 bridgehead atoms. The summed E-state index contributed by atoms with van der Waals surface area (Å²) in [5.74, 6) is -0.112. The lowest BCUT2D eigenvalue weighted by Crippen LogP contribution is -2.28. The van der Waals surface area contributed by atoms with Crippen molar-refractivity contribution < 1.29 is 9.59 Å². The number of benzene rings is 1. The maximum absolute atomic E-state index is 11.7. The van der Waals surface area contributed by atoms with Crippen molar-refractivity contribution in [3.8, 4) is 0 Å². The Bertz CT molecular complexity index is 487. The van der Waals surface area contributed by atoms with Gasteiger partial charge in [0, 0.05) is 24.6 Å². The van der Waals surface area contributed by atoms with Gasteiger partial charge in [0.2, 0.25) is 5.91 Å². The molecule has 0 aliphatic carbocycles. The molecule has 90 valence electrons. The first-order valence-corrected chi connectivity index (χ1v) is 5.73. The van der Waals surface area contributed by atoms with E-state index in [1.807, 2.05) is 0 Å². The maximum atomic E-state index is 11.7. The van der Waals surface area contributed by atoms with Gasteiger partial charge in [-0.1, -0.05) is 11.6 Å². The summed E-state index contributed by atoms with van der Waals surface area (Å²) in [6.07, 6.45) is 0.320. The van der Waals surface area contributed by atoms with Crippen molar-refractivity contribution >= 4 is 29.0 Å². The van der Waals surface area contributed by atoms with Crippen molar-refractivity contribution in [1.82, 2.24) is 0 Å². The van der Waals surface area contributed by atoms with Gasteiger partial charge in [0.1, 0.15) is 0 Å². The van der Waals surface area contributed by atoms with Gasteiger partial charge in [-0.3, -0.25) is 9.59 Å². The van der Waals surface area contributed by atoms with Crippen LogP contribution in [0.5, 0.6) is 0 Å². The van der Waals surface area contributed by atoms with Crippen LogP contribution < -0.4 is 10.6 Å². The Balaban J connectivity index is 2.41. The normalized spacial score (nSPS) is 19.8. The van der Waals surface area contributed by atoms with Crippen LogP contribution in [-0.2, 0) is 4.79 Å². The molecule has 2 rings (SSSR count). The van der Waals surface area contributed by atoms with E-state index in [0.29, 0.717) is 29.2 Å². The quantitative estimate of drug-likeness (QED) is 0.814. The highest BCUT2D eigenvalue weighted by Gasteiger charge is 2.29. The molecular formula is C12H13ClN2O2. The van der Waals surface area contributed by atoms with Crippen LogP contribution >= 0.6 is 11.6 Å². The highest BCUT2D eigenvalue weighted by Crippen LogP contribution is 2.30. The van der Waals surface area contributed by atoms with Crippen molar-refractivity contribution in [1.29, 1.82) is 0 Å². The number of ketones is 1. The highest BCUT2D eigenvalue weighted by atomic mass is 35.5. The number of nitrogens with zero attached hydrogens (tertiary/aromatic N) is 1. The van der Waals surface area contributed by atoms with E-state index in [2.05, 4.69) is 0 Å². The van der Waals surface area contributed by atoms with Crippen molar-refractivity contribution in [2.24, 2.45) is 5.73 Å². The molecule has 0 radical (unpaired) electrons. The Morgan fingerprint density at radius 1 is 1.53 bits per heavy atom. The van der Waals surface area contributed by atoms with Gasteiger partial charge in [-0.15, -0.1) is 0 Å². The van der Waals surface area contributed by atoms with E-state index >= 15 is 0 Å². The van der Waals surface area contributed by atoms with E-state index in [4.69, 9.17) is 17.3 Å². The molecule has 1 aromatic carbocycles. The maximum Gasteiger partial charge on any atom is 0.228 e. The number of carbonyl (C=O) groups is 2. The number of hydrogen-bond donors (Lipinski definition) is 1. The molecule has 0 aromatic heterocycles. The summed E-state index contributed by atoms with van der Waals surface area (Å²) in [5.41, 5.74) is 6.83. The van der Waals surface area contributed by atoms with E-state index < -0.39 is 0 Å². The zero-order valence-electron chi connectivity index (χ0n) is 9.44. The molecule has 1 aromatic rings. The summed E-state index contributed by atoms with van der Waals surface area (Å²) in [5, 5.41) is 0.456. The van der Waals surface area contributed by atoms with Gasteiger partial charge in [-0.05, 0) is 25.1 Å². The Morgan fingerprint density at radius 3 is 2.76 bits per heavy atom. The number of Topliss-reactive ketones (excluding diaryl/α,β-unsaturated/α-hetero) is 1. The van der Waals surface area contributed by atoms with Gasteiger partial charge in [0.25, 0.3) is 0 Å². The molecule has 1 saturated heterocycles. The fourth-order valence-corrected chi connectivity index (χ4v) is 2.13. The molecule has 2 N–H and O–H groups in total. The molecule has 1 aliphatic heterocycles. The second-order valence-electron chi connectivity index (χ2n) is 4.19. The average molecular weight is 253 g/mol. The van der Waals surface area contributed by atoms with Crippen molar-refractivity contribution in [3.05, 3.63) is 28.8 Å². The topological polar surface area (TPSA) is 63.4 Å². The first kappa shape index (κ1) is 12.1. The standard InChI is InChI=1S/C12H13ClN2O2/c1-7(16)8-2-3-10(13)11(4-8)15-6-9(14)5-12(15)17/h2-4,9H,5-6,14H2,1H3. The minimum atomic E-state index is -0.167. The summed E-state index contributed by atoms with van der Waals surface area (Å²) < 4.78 is 0. The van der Waals surface area contributed by atoms with Gasteiger partial charge in [0.15, 0.2) is 5.78 Å². The first-order chi connectivity index (χ1) is 7.99. The van der Waals surface area contributed by atoms with Gasteiger partial charge < -0.3 is 10.6 Å². The molecule has 1 aliphatic rings. The minimum absolute atomic E-state index is 0.0555. The van der Waals surface area contributed by atoms with Crippen LogP contribution in [0.3, 0.4) is 0 Å². The SMILES string of the molecule is CC(=O)c1ccc(Cl)c(N2CC(N)CC2=O)c1. The Hall–Kier alpha value is -1.39. The van der Waals surface area contributed by atoms with Crippen LogP contribution in [0.15, 0.2) is 18.2 Å². The Labute approximate surface area is 104 Å². The van der Waals surface area contributed by atoms with E-state index in [1.54, 1.807) is 23.1 Å². The molecule has 4 nitrogen and oxygen atoms in total. The zero-order valence-corrected chi connectivity index (χ0v) is 10.2. The van der Waals surface area contributed by atoms with Crippen molar-refractivity contribution in [3.63, 3.8) is 0 Å². The third-order valence-corrected chi connectivity index (χ3v) is 3.12.